The van der Waals surface area contributed by atoms with Gasteiger partial charge in [0, 0.05) is 26.2 Å². The van der Waals surface area contributed by atoms with Crippen LogP contribution < -0.4 is 0 Å². The summed E-state index contributed by atoms with van der Waals surface area (Å²) in [7, 11) is 0. The van der Waals surface area contributed by atoms with Crippen LogP contribution in [0.4, 0.5) is 0 Å². The molecule has 0 aromatic carbocycles. The summed E-state index contributed by atoms with van der Waals surface area (Å²) in [6.07, 6.45) is -0.756. The van der Waals surface area contributed by atoms with Gasteiger partial charge in [-0.05, 0) is 6.42 Å². The maximum atomic E-state index is 9.31. The molecule has 2 heterocycles. The molecule has 2 aliphatic rings. The van der Waals surface area contributed by atoms with Gasteiger partial charge in [-0.3, -0.25) is 0 Å². The first-order chi connectivity index (χ1) is 6.16. The number of hydrogen-bond donors (Lipinski definition) is 3. The lowest BCUT2D eigenvalue weighted by Crippen LogP contribution is -2.40. The van der Waals surface area contributed by atoms with Gasteiger partial charge in [0.15, 0.2) is 0 Å². The molecule has 0 aromatic rings. The molecule has 0 spiro atoms. The van der Waals surface area contributed by atoms with Gasteiger partial charge in [0.2, 0.25) is 0 Å². The SMILES string of the molecule is OC1CCN(N2CC(O)C(O)C2)C1. The predicted octanol–water partition coefficient (Wildman–Crippen LogP) is -1.99. The number of aliphatic hydroxyl groups is 3. The van der Waals surface area contributed by atoms with Crippen LogP contribution in [-0.4, -0.2) is 69.8 Å². The van der Waals surface area contributed by atoms with Crippen molar-refractivity contribution in [2.75, 3.05) is 26.2 Å². The predicted molar refractivity (Wildman–Crippen MR) is 45.8 cm³/mol. The molecule has 0 aromatic heterocycles. The summed E-state index contributed by atoms with van der Waals surface area (Å²) in [6, 6.07) is 0. The van der Waals surface area contributed by atoms with E-state index < -0.39 is 12.2 Å². The van der Waals surface area contributed by atoms with Crippen molar-refractivity contribution in [1.82, 2.24) is 10.0 Å². The average Bonchev–Trinajstić information content (AvgIpc) is 2.61. The molecule has 13 heavy (non-hydrogen) atoms. The lowest BCUT2D eigenvalue weighted by atomic mass is 10.3. The fourth-order valence-electron chi connectivity index (χ4n) is 1.96. The Morgan fingerprint density at radius 3 is 1.92 bits per heavy atom. The van der Waals surface area contributed by atoms with Crippen LogP contribution >= 0.6 is 0 Å². The molecule has 0 amide bonds. The van der Waals surface area contributed by atoms with Crippen molar-refractivity contribution in [3.63, 3.8) is 0 Å². The van der Waals surface area contributed by atoms with Crippen LogP contribution in [0.25, 0.3) is 0 Å². The Morgan fingerprint density at radius 1 is 0.846 bits per heavy atom. The Bertz CT molecular complexity index is 180. The van der Waals surface area contributed by atoms with Crippen molar-refractivity contribution in [1.29, 1.82) is 0 Å². The van der Waals surface area contributed by atoms with Gasteiger partial charge in [0.05, 0.1) is 18.3 Å². The number of hydrogen-bond acceptors (Lipinski definition) is 5. The highest BCUT2D eigenvalue weighted by molar-refractivity contribution is 4.84. The van der Waals surface area contributed by atoms with E-state index in [4.69, 9.17) is 0 Å². The Kier molecular flexibility index (Phi) is 2.53. The van der Waals surface area contributed by atoms with Crippen LogP contribution in [0, 0.1) is 0 Å². The van der Waals surface area contributed by atoms with Crippen molar-refractivity contribution in [3.8, 4) is 0 Å². The smallest absolute Gasteiger partial charge is 0.0952 e. The maximum Gasteiger partial charge on any atom is 0.0952 e. The van der Waals surface area contributed by atoms with Crippen molar-refractivity contribution >= 4 is 0 Å². The summed E-state index contributed by atoms with van der Waals surface area (Å²) in [5.41, 5.74) is 0. The summed E-state index contributed by atoms with van der Waals surface area (Å²) in [5.74, 6) is 0. The fourth-order valence-corrected chi connectivity index (χ4v) is 1.96. The molecule has 2 saturated heterocycles. The molecule has 3 atom stereocenters. The van der Waals surface area contributed by atoms with Crippen molar-refractivity contribution in [3.05, 3.63) is 0 Å². The third-order valence-electron chi connectivity index (χ3n) is 2.78. The Morgan fingerprint density at radius 2 is 1.46 bits per heavy atom. The molecule has 2 fully saturated rings. The number of hydrazine groups is 1. The van der Waals surface area contributed by atoms with Crippen molar-refractivity contribution in [2.24, 2.45) is 0 Å². The molecule has 76 valence electrons. The first-order valence-electron chi connectivity index (χ1n) is 4.71. The summed E-state index contributed by atoms with van der Waals surface area (Å²) in [6.45, 7) is 2.40. The second kappa shape index (κ2) is 3.51. The molecular formula is C8H16N2O3. The minimum Gasteiger partial charge on any atom is -0.392 e. The molecule has 2 rings (SSSR count). The van der Waals surface area contributed by atoms with Gasteiger partial charge in [0.1, 0.15) is 0 Å². The van der Waals surface area contributed by atoms with Crippen LogP contribution in [0.15, 0.2) is 0 Å². The Balaban J connectivity index is 1.89. The largest absolute Gasteiger partial charge is 0.392 e. The zero-order chi connectivity index (χ0) is 9.42. The molecule has 2 aliphatic heterocycles. The van der Waals surface area contributed by atoms with E-state index in [1.54, 1.807) is 0 Å². The van der Waals surface area contributed by atoms with E-state index in [9.17, 15) is 15.3 Å². The van der Waals surface area contributed by atoms with E-state index in [-0.39, 0.29) is 6.10 Å². The van der Waals surface area contributed by atoms with Gasteiger partial charge in [-0.1, -0.05) is 0 Å². The average molecular weight is 188 g/mol. The Hall–Kier alpha value is -0.200. The second-order valence-electron chi connectivity index (χ2n) is 3.86. The minimum absolute atomic E-state index is 0.255. The molecule has 0 aliphatic carbocycles. The van der Waals surface area contributed by atoms with Crippen LogP contribution in [0.5, 0.6) is 0 Å². The Labute approximate surface area is 77.2 Å². The molecule has 0 bridgehead atoms. The maximum absolute atomic E-state index is 9.31. The summed E-state index contributed by atoms with van der Waals surface area (Å²) in [4.78, 5) is 0. The molecule has 5 nitrogen and oxygen atoms in total. The van der Waals surface area contributed by atoms with Crippen LogP contribution in [0.2, 0.25) is 0 Å². The second-order valence-corrected chi connectivity index (χ2v) is 3.86. The molecule has 3 N–H and O–H groups in total. The molecule has 3 unspecified atom stereocenters. The van der Waals surface area contributed by atoms with E-state index in [0.29, 0.717) is 19.6 Å². The van der Waals surface area contributed by atoms with E-state index in [1.165, 1.54) is 0 Å². The molecular weight excluding hydrogens is 172 g/mol. The fraction of sp³-hybridized carbons (Fsp3) is 1.00. The van der Waals surface area contributed by atoms with Gasteiger partial charge >= 0.3 is 0 Å². The van der Waals surface area contributed by atoms with Gasteiger partial charge in [-0.25, -0.2) is 10.0 Å². The third kappa shape index (κ3) is 1.84. The molecule has 5 heteroatoms. The quantitative estimate of drug-likeness (QED) is 0.444. The summed E-state index contributed by atoms with van der Waals surface area (Å²) >= 11 is 0. The highest BCUT2D eigenvalue weighted by atomic mass is 16.3. The molecule has 0 radical (unpaired) electrons. The first-order valence-corrected chi connectivity index (χ1v) is 4.71. The van der Waals surface area contributed by atoms with Crippen LogP contribution in [-0.2, 0) is 0 Å². The van der Waals surface area contributed by atoms with Gasteiger partial charge in [0.25, 0.3) is 0 Å². The monoisotopic (exact) mass is 188 g/mol. The first kappa shape index (κ1) is 9.36. The molecule has 0 saturated carbocycles. The lowest BCUT2D eigenvalue weighted by Gasteiger charge is -2.26. The minimum atomic E-state index is -0.641. The topological polar surface area (TPSA) is 67.2 Å². The number of rotatable bonds is 1. The highest BCUT2D eigenvalue weighted by Gasteiger charge is 2.35. The normalized spacial score (nSPS) is 43.2. The summed E-state index contributed by atoms with van der Waals surface area (Å²) in [5, 5.41) is 31.9. The van der Waals surface area contributed by atoms with E-state index >= 15 is 0 Å². The van der Waals surface area contributed by atoms with Crippen LogP contribution in [0.3, 0.4) is 0 Å². The van der Waals surface area contributed by atoms with Crippen molar-refractivity contribution < 1.29 is 15.3 Å². The standard InChI is InChI=1S/C8H16N2O3/c11-6-1-2-9(3-6)10-4-7(12)8(13)5-10/h6-8,11-13H,1-5H2. The van der Waals surface area contributed by atoms with Gasteiger partial charge in [-0.15, -0.1) is 0 Å². The van der Waals surface area contributed by atoms with Crippen molar-refractivity contribution in [2.45, 2.75) is 24.7 Å². The van der Waals surface area contributed by atoms with E-state index in [1.807, 2.05) is 10.0 Å². The zero-order valence-corrected chi connectivity index (χ0v) is 7.50. The zero-order valence-electron chi connectivity index (χ0n) is 7.50. The van der Waals surface area contributed by atoms with Gasteiger partial charge < -0.3 is 15.3 Å². The highest BCUT2D eigenvalue weighted by Crippen LogP contribution is 2.17. The van der Waals surface area contributed by atoms with E-state index in [2.05, 4.69) is 0 Å². The lowest BCUT2D eigenvalue weighted by molar-refractivity contribution is -0.00345. The number of β-amino-alcohol motifs (C(OH)–C–C–N with tert-alkyl or cyclic N) is 3. The third-order valence-corrected chi connectivity index (χ3v) is 2.78. The number of aliphatic hydroxyl groups excluding tert-OH is 3. The summed E-state index contributed by atoms with van der Waals surface area (Å²) < 4.78 is 0. The van der Waals surface area contributed by atoms with Gasteiger partial charge in [-0.2, -0.15) is 0 Å². The van der Waals surface area contributed by atoms with Crippen LogP contribution in [0.1, 0.15) is 6.42 Å². The number of nitrogens with zero attached hydrogens (tertiary/aromatic N) is 2. The van der Waals surface area contributed by atoms with E-state index in [0.717, 1.165) is 13.0 Å².